The van der Waals surface area contributed by atoms with E-state index in [0.29, 0.717) is 25.8 Å². The standard InChI is InChI=1S/C16H27NO3/c1-2-13-6-3-4-8-16(13)17-10-14(18)11-19-12-15-7-5-9-20-15/h5,7,9,13-14,16-18H,2-4,6,8,10-12H2,1H3. The van der Waals surface area contributed by atoms with Crippen LogP contribution >= 0.6 is 0 Å². The van der Waals surface area contributed by atoms with E-state index in [1.807, 2.05) is 12.1 Å². The van der Waals surface area contributed by atoms with Crippen LogP contribution in [0.3, 0.4) is 0 Å². The van der Waals surface area contributed by atoms with Crippen LogP contribution in [-0.2, 0) is 11.3 Å². The van der Waals surface area contributed by atoms with Crippen LogP contribution < -0.4 is 5.32 Å². The smallest absolute Gasteiger partial charge is 0.129 e. The Labute approximate surface area is 121 Å². The Morgan fingerprint density at radius 3 is 3.05 bits per heavy atom. The number of hydrogen-bond donors (Lipinski definition) is 2. The highest BCUT2D eigenvalue weighted by molar-refractivity contribution is 4.96. The van der Waals surface area contributed by atoms with E-state index in [-0.39, 0.29) is 0 Å². The van der Waals surface area contributed by atoms with Gasteiger partial charge >= 0.3 is 0 Å². The van der Waals surface area contributed by atoms with Gasteiger partial charge in [0.2, 0.25) is 0 Å². The van der Waals surface area contributed by atoms with E-state index >= 15 is 0 Å². The summed E-state index contributed by atoms with van der Waals surface area (Å²) in [5.41, 5.74) is 0. The Kier molecular flexibility index (Phi) is 6.57. The summed E-state index contributed by atoms with van der Waals surface area (Å²) in [5, 5.41) is 13.5. The lowest BCUT2D eigenvalue weighted by Gasteiger charge is -2.32. The Hall–Kier alpha value is -0.840. The molecule has 1 aliphatic carbocycles. The molecule has 0 saturated heterocycles. The second kappa shape index (κ2) is 8.45. The van der Waals surface area contributed by atoms with Crippen LogP contribution in [0.2, 0.25) is 0 Å². The molecule has 0 amide bonds. The molecule has 2 rings (SSSR count). The average molecular weight is 281 g/mol. The highest BCUT2D eigenvalue weighted by Gasteiger charge is 2.23. The van der Waals surface area contributed by atoms with Crippen molar-refractivity contribution in [3.05, 3.63) is 24.2 Å². The van der Waals surface area contributed by atoms with Gasteiger partial charge in [-0.2, -0.15) is 0 Å². The molecular formula is C16H27NO3. The van der Waals surface area contributed by atoms with Crippen LogP contribution in [0.1, 0.15) is 44.8 Å². The monoisotopic (exact) mass is 281 g/mol. The van der Waals surface area contributed by atoms with Crippen molar-refractivity contribution in [2.24, 2.45) is 5.92 Å². The fraction of sp³-hybridized carbons (Fsp3) is 0.750. The van der Waals surface area contributed by atoms with E-state index in [0.717, 1.165) is 11.7 Å². The van der Waals surface area contributed by atoms with E-state index in [4.69, 9.17) is 9.15 Å². The summed E-state index contributed by atoms with van der Waals surface area (Å²) in [6.45, 7) is 3.63. The van der Waals surface area contributed by atoms with Crippen molar-refractivity contribution in [2.45, 2.75) is 57.8 Å². The Bertz CT molecular complexity index is 353. The first-order chi connectivity index (χ1) is 9.79. The lowest BCUT2D eigenvalue weighted by molar-refractivity contribution is 0.0198. The Balaban J connectivity index is 1.60. The molecule has 114 valence electrons. The van der Waals surface area contributed by atoms with Gasteiger partial charge in [-0.1, -0.05) is 26.2 Å². The summed E-state index contributed by atoms with van der Waals surface area (Å²) in [6, 6.07) is 4.27. The van der Waals surface area contributed by atoms with Crippen LogP contribution in [0.15, 0.2) is 22.8 Å². The summed E-state index contributed by atoms with van der Waals surface area (Å²) in [7, 11) is 0. The maximum atomic E-state index is 9.95. The minimum Gasteiger partial charge on any atom is -0.467 e. The largest absolute Gasteiger partial charge is 0.467 e. The number of rotatable bonds is 8. The van der Waals surface area contributed by atoms with Gasteiger partial charge in [0.15, 0.2) is 0 Å². The molecule has 4 heteroatoms. The lowest BCUT2D eigenvalue weighted by atomic mass is 9.83. The topological polar surface area (TPSA) is 54.6 Å². The van der Waals surface area contributed by atoms with Gasteiger partial charge < -0.3 is 19.6 Å². The third kappa shape index (κ3) is 4.93. The molecule has 1 aromatic heterocycles. The Morgan fingerprint density at radius 1 is 1.45 bits per heavy atom. The zero-order valence-electron chi connectivity index (χ0n) is 12.4. The van der Waals surface area contributed by atoms with Crippen molar-refractivity contribution in [3.8, 4) is 0 Å². The van der Waals surface area contributed by atoms with Gasteiger partial charge in [-0.25, -0.2) is 0 Å². The maximum Gasteiger partial charge on any atom is 0.129 e. The molecule has 20 heavy (non-hydrogen) atoms. The van der Waals surface area contributed by atoms with Crippen molar-refractivity contribution in [1.29, 1.82) is 0 Å². The third-order valence-corrected chi connectivity index (χ3v) is 4.18. The predicted octanol–water partition coefficient (Wildman–Crippen LogP) is 2.72. The molecule has 3 unspecified atom stereocenters. The minimum absolute atomic E-state index is 0.344. The summed E-state index contributed by atoms with van der Waals surface area (Å²) in [5.74, 6) is 1.56. The van der Waals surface area contributed by atoms with E-state index < -0.39 is 6.10 Å². The molecule has 3 atom stereocenters. The molecule has 1 heterocycles. The van der Waals surface area contributed by atoms with Crippen molar-refractivity contribution >= 4 is 0 Å². The molecule has 1 fully saturated rings. The first-order valence-electron chi connectivity index (χ1n) is 7.81. The van der Waals surface area contributed by atoms with E-state index in [2.05, 4.69) is 12.2 Å². The van der Waals surface area contributed by atoms with Gasteiger partial charge in [0.05, 0.1) is 19.0 Å². The maximum absolute atomic E-state index is 9.95. The predicted molar refractivity (Wildman–Crippen MR) is 78.4 cm³/mol. The first-order valence-corrected chi connectivity index (χ1v) is 7.81. The fourth-order valence-corrected chi connectivity index (χ4v) is 3.00. The Morgan fingerprint density at radius 2 is 2.30 bits per heavy atom. The summed E-state index contributed by atoms with van der Waals surface area (Å²) < 4.78 is 10.6. The number of aliphatic hydroxyl groups is 1. The van der Waals surface area contributed by atoms with Gasteiger partial charge in [-0.3, -0.25) is 0 Å². The fourth-order valence-electron chi connectivity index (χ4n) is 3.00. The lowest BCUT2D eigenvalue weighted by Crippen LogP contribution is -2.43. The van der Waals surface area contributed by atoms with Crippen molar-refractivity contribution < 1.29 is 14.3 Å². The van der Waals surface area contributed by atoms with Gasteiger partial charge in [0.1, 0.15) is 12.4 Å². The van der Waals surface area contributed by atoms with Crippen LogP contribution in [0.5, 0.6) is 0 Å². The second-order valence-electron chi connectivity index (χ2n) is 5.72. The highest BCUT2D eigenvalue weighted by Crippen LogP contribution is 2.26. The first kappa shape index (κ1) is 15.5. The zero-order valence-corrected chi connectivity index (χ0v) is 12.4. The molecule has 0 aromatic carbocycles. The normalized spacial score (nSPS) is 24.7. The summed E-state index contributed by atoms with van der Waals surface area (Å²) in [4.78, 5) is 0. The van der Waals surface area contributed by atoms with Crippen LogP contribution in [-0.4, -0.2) is 30.4 Å². The number of furan rings is 1. The highest BCUT2D eigenvalue weighted by atomic mass is 16.5. The molecule has 1 saturated carbocycles. The summed E-state index contributed by atoms with van der Waals surface area (Å²) in [6.07, 6.45) is 7.61. The second-order valence-corrected chi connectivity index (χ2v) is 5.72. The van der Waals surface area contributed by atoms with Gasteiger partial charge in [-0.15, -0.1) is 0 Å². The zero-order chi connectivity index (χ0) is 14.2. The molecule has 0 spiro atoms. The molecule has 0 radical (unpaired) electrons. The molecule has 2 N–H and O–H groups in total. The van der Waals surface area contributed by atoms with E-state index in [1.54, 1.807) is 6.26 Å². The van der Waals surface area contributed by atoms with E-state index in [9.17, 15) is 5.11 Å². The molecule has 1 aromatic rings. The molecular weight excluding hydrogens is 254 g/mol. The SMILES string of the molecule is CCC1CCCCC1NCC(O)COCc1ccco1. The van der Waals surface area contributed by atoms with Crippen molar-refractivity contribution in [2.75, 3.05) is 13.2 Å². The van der Waals surface area contributed by atoms with Crippen LogP contribution in [0.4, 0.5) is 0 Å². The number of nitrogens with one attached hydrogen (secondary N) is 1. The van der Waals surface area contributed by atoms with Crippen LogP contribution in [0.25, 0.3) is 0 Å². The molecule has 4 nitrogen and oxygen atoms in total. The number of aliphatic hydroxyl groups excluding tert-OH is 1. The van der Waals surface area contributed by atoms with E-state index in [1.165, 1.54) is 32.1 Å². The quantitative estimate of drug-likeness (QED) is 0.769. The molecule has 1 aliphatic rings. The molecule has 0 aliphatic heterocycles. The summed E-state index contributed by atoms with van der Waals surface area (Å²) >= 11 is 0. The number of hydrogen-bond acceptors (Lipinski definition) is 4. The van der Waals surface area contributed by atoms with Crippen LogP contribution in [0, 0.1) is 5.92 Å². The number of ether oxygens (including phenoxy) is 1. The van der Waals surface area contributed by atoms with Crippen molar-refractivity contribution in [1.82, 2.24) is 5.32 Å². The average Bonchev–Trinajstić information content (AvgIpc) is 2.98. The van der Waals surface area contributed by atoms with Gasteiger partial charge in [0.25, 0.3) is 0 Å². The minimum atomic E-state index is -0.454. The van der Waals surface area contributed by atoms with Gasteiger partial charge in [-0.05, 0) is 30.9 Å². The van der Waals surface area contributed by atoms with Gasteiger partial charge in [0, 0.05) is 12.6 Å². The third-order valence-electron chi connectivity index (χ3n) is 4.18. The molecule has 0 bridgehead atoms. The van der Waals surface area contributed by atoms with Crippen molar-refractivity contribution in [3.63, 3.8) is 0 Å².